The van der Waals surface area contributed by atoms with Crippen molar-refractivity contribution in [3.8, 4) is 5.75 Å². The molecule has 0 aliphatic heterocycles. The summed E-state index contributed by atoms with van der Waals surface area (Å²) < 4.78 is 14.2. The molecule has 4 aromatic rings. The van der Waals surface area contributed by atoms with Crippen molar-refractivity contribution in [2.45, 2.75) is 31.4 Å². The summed E-state index contributed by atoms with van der Waals surface area (Å²) in [5.74, 6) is 2.69. The highest BCUT2D eigenvalue weighted by atomic mass is 32.2. The Morgan fingerprint density at radius 1 is 1.18 bits per heavy atom. The van der Waals surface area contributed by atoms with Crippen molar-refractivity contribution < 1.29 is 9.26 Å². The molecule has 0 saturated carbocycles. The van der Waals surface area contributed by atoms with Crippen molar-refractivity contribution in [3.05, 3.63) is 69.6 Å². The quantitative estimate of drug-likeness (QED) is 0.462. The Labute approximate surface area is 165 Å². The predicted molar refractivity (Wildman–Crippen MR) is 105 cm³/mol. The highest BCUT2D eigenvalue weighted by Crippen LogP contribution is 2.22. The van der Waals surface area contributed by atoms with Crippen molar-refractivity contribution >= 4 is 17.4 Å². The molecular formula is C19H19N5O3S. The molecule has 0 spiro atoms. The van der Waals surface area contributed by atoms with E-state index in [9.17, 15) is 4.79 Å². The first-order valence-corrected chi connectivity index (χ1v) is 9.69. The lowest BCUT2D eigenvalue weighted by Crippen LogP contribution is -2.13. The Kier molecular flexibility index (Phi) is 4.91. The SMILES string of the molecule is Cc1cc2nc(CSc3nnc(COc4ccccc4C)n3C)cc(=O)n2o1. The van der Waals surface area contributed by atoms with Crippen LogP contribution in [0.3, 0.4) is 0 Å². The van der Waals surface area contributed by atoms with Crippen molar-refractivity contribution in [3.63, 3.8) is 0 Å². The third-order valence-corrected chi connectivity index (χ3v) is 5.30. The maximum absolute atomic E-state index is 12.1. The molecule has 28 heavy (non-hydrogen) atoms. The number of para-hydroxylation sites is 1. The van der Waals surface area contributed by atoms with Gasteiger partial charge in [0.2, 0.25) is 0 Å². The zero-order valence-corrected chi connectivity index (χ0v) is 16.6. The number of hydrogen-bond acceptors (Lipinski definition) is 7. The lowest BCUT2D eigenvalue weighted by Gasteiger charge is -2.08. The summed E-state index contributed by atoms with van der Waals surface area (Å²) in [4.78, 5) is 16.6. The van der Waals surface area contributed by atoms with E-state index < -0.39 is 0 Å². The number of thioether (sulfide) groups is 1. The first kappa shape index (κ1) is 18.3. The van der Waals surface area contributed by atoms with Crippen LogP contribution in [0, 0.1) is 13.8 Å². The minimum Gasteiger partial charge on any atom is -0.485 e. The van der Waals surface area contributed by atoms with Gasteiger partial charge < -0.3 is 13.8 Å². The molecule has 0 aliphatic rings. The van der Waals surface area contributed by atoms with Crippen LogP contribution in [0.5, 0.6) is 5.75 Å². The Morgan fingerprint density at radius 3 is 2.82 bits per heavy atom. The Hall–Kier alpha value is -3.07. The molecule has 0 N–H and O–H groups in total. The Morgan fingerprint density at radius 2 is 2.00 bits per heavy atom. The van der Waals surface area contributed by atoms with Gasteiger partial charge in [-0.3, -0.25) is 4.79 Å². The maximum Gasteiger partial charge on any atom is 0.287 e. The van der Waals surface area contributed by atoms with E-state index >= 15 is 0 Å². The van der Waals surface area contributed by atoms with Gasteiger partial charge in [0.1, 0.15) is 18.1 Å². The normalized spacial score (nSPS) is 11.2. The van der Waals surface area contributed by atoms with Gasteiger partial charge in [0.15, 0.2) is 16.6 Å². The van der Waals surface area contributed by atoms with Crippen LogP contribution >= 0.6 is 11.8 Å². The largest absolute Gasteiger partial charge is 0.485 e. The maximum atomic E-state index is 12.1. The number of fused-ring (bicyclic) bond motifs is 1. The molecule has 0 amide bonds. The number of nitrogens with zero attached hydrogens (tertiary/aromatic N) is 5. The molecule has 0 unspecified atom stereocenters. The number of aromatic nitrogens is 5. The van der Waals surface area contributed by atoms with Gasteiger partial charge in [-0.2, -0.15) is 0 Å². The van der Waals surface area contributed by atoms with E-state index in [1.165, 1.54) is 22.4 Å². The van der Waals surface area contributed by atoms with Crippen LogP contribution in [0.15, 0.2) is 50.9 Å². The van der Waals surface area contributed by atoms with Crippen LogP contribution in [-0.4, -0.2) is 24.3 Å². The van der Waals surface area contributed by atoms with Crippen LogP contribution in [0.2, 0.25) is 0 Å². The summed E-state index contributed by atoms with van der Waals surface area (Å²) in [5.41, 5.74) is 2.00. The summed E-state index contributed by atoms with van der Waals surface area (Å²) in [6.45, 7) is 4.11. The van der Waals surface area contributed by atoms with E-state index in [0.29, 0.717) is 29.5 Å². The van der Waals surface area contributed by atoms with Gasteiger partial charge in [0, 0.05) is 24.9 Å². The second-order valence-corrected chi connectivity index (χ2v) is 7.33. The molecule has 0 fully saturated rings. The van der Waals surface area contributed by atoms with Crippen molar-refractivity contribution in [1.82, 2.24) is 24.3 Å². The van der Waals surface area contributed by atoms with Crippen LogP contribution in [0.4, 0.5) is 0 Å². The molecule has 4 rings (SSSR count). The Bertz CT molecular complexity index is 1190. The second-order valence-electron chi connectivity index (χ2n) is 6.39. The van der Waals surface area contributed by atoms with Gasteiger partial charge in [-0.05, 0) is 25.5 Å². The molecule has 144 valence electrons. The molecule has 8 nitrogen and oxygen atoms in total. The zero-order chi connectivity index (χ0) is 19.7. The molecule has 9 heteroatoms. The standard InChI is InChI=1S/C19H19N5O3S/c1-12-6-4-5-7-15(12)26-10-17-21-22-19(23(17)3)28-11-14-9-18(25)24-16(20-14)8-13(2)27-24/h4-9H,10-11H2,1-3H3. The van der Waals surface area contributed by atoms with Crippen molar-refractivity contribution in [2.75, 3.05) is 0 Å². The van der Waals surface area contributed by atoms with Gasteiger partial charge in [0.25, 0.3) is 5.56 Å². The van der Waals surface area contributed by atoms with E-state index in [0.717, 1.165) is 22.3 Å². The van der Waals surface area contributed by atoms with Crippen LogP contribution < -0.4 is 10.3 Å². The second kappa shape index (κ2) is 7.51. The van der Waals surface area contributed by atoms with Gasteiger partial charge in [-0.15, -0.1) is 14.8 Å². The molecule has 0 bridgehead atoms. The van der Waals surface area contributed by atoms with Crippen LogP contribution in [-0.2, 0) is 19.4 Å². The third kappa shape index (κ3) is 3.65. The molecule has 3 heterocycles. The molecular weight excluding hydrogens is 378 g/mol. The van der Waals surface area contributed by atoms with E-state index in [1.807, 2.05) is 42.8 Å². The fraction of sp³-hybridized carbons (Fsp3) is 0.263. The number of rotatable bonds is 6. The monoisotopic (exact) mass is 397 g/mol. The average Bonchev–Trinajstić information content (AvgIpc) is 3.22. The zero-order valence-electron chi connectivity index (χ0n) is 15.7. The molecule has 0 saturated heterocycles. The molecule has 0 radical (unpaired) electrons. The predicted octanol–water partition coefficient (Wildman–Crippen LogP) is 2.90. The first-order valence-electron chi connectivity index (χ1n) is 8.70. The highest BCUT2D eigenvalue weighted by Gasteiger charge is 2.12. The van der Waals surface area contributed by atoms with Crippen molar-refractivity contribution in [1.29, 1.82) is 0 Å². The van der Waals surface area contributed by atoms with E-state index in [-0.39, 0.29) is 5.56 Å². The third-order valence-electron chi connectivity index (χ3n) is 4.25. The highest BCUT2D eigenvalue weighted by molar-refractivity contribution is 7.98. The summed E-state index contributed by atoms with van der Waals surface area (Å²) in [6.07, 6.45) is 0. The van der Waals surface area contributed by atoms with Gasteiger partial charge in [-0.1, -0.05) is 30.0 Å². The van der Waals surface area contributed by atoms with Gasteiger partial charge >= 0.3 is 0 Å². The number of ether oxygens (including phenoxy) is 1. The fourth-order valence-corrected chi connectivity index (χ4v) is 3.57. The van der Waals surface area contributed by atoms with Crippen LogP contribution in [0.25, 0.3) is 5.65 Å². The average molecular weight is 397 g/mol. The lowest BCUT2D eigenvalue weighted by atomic mass is 10.2. The van der Waals surface area contributed by atoms with Gasteiger partial charge in [0.05, 0.1) is 5.69 Å². The van der Waals surface area contributed by atoms with Crippen molar-refractivity contribution in [2.24, 2.45) is 7.05 Å². The minimum atomic E-state index is -0.237. The van der Waals surface area contributed by atoms with Crippen LogP contribution in [0.1, 0.15) is 22.8 Å². The summed E-state index contributed by atoms with van der Waals surface area (Å²) >= 11 is 1.46. The van der Waals surface area contributed by atoms with E-state index in [1.54, 1.807) is 13.0 Å². The summed E-state index contributed by atoms with van der Waals surface area (Å²) in [5, 5.41) is 9.16. The Balaban J connectivity index is 1.45. The molecule has 1 aromatic carbocycles. The smallest absolute Gasteiger partial charge is 0.287 e. The fourth-order valence-electron chi connectivity index (χ4n) is 2.74. The summed E-state index contributed by atoms with van der Waals surface area (Å²) in [6, 6.07) is 11.1. The number of hydrogen-bond donors (Lipinski definition) is 0. The number of benzene rings is 1. The lowest BCUT2D eigenvalue weighted by molar-refractivity contribution is 0.288. The molecule has 3 aromatic heterocycles. The topological polar surface area (TPSA) is 87.5 Å². The van der Waals surface area contributed by atoms with E-state index in [2.05, 4.69) is 15.2 Å². The first-order chi connectivity index (χ1) is 13.5. The number of aryl methyl sites for hydroxylation is 2. The molecule has 0 aliphatic carbocycles. The van der Waals surface area contributed by atoms with Gasteiger partial charge in [-0.25, -0.2) is 4.98 Å². The molecule has 0 atom stereocenters. The van der Waals surface area contributed by atoms with E-state index in [4.69, 9.17) is 9.26 Å². The minimum absolute atomic E-state index is 0.237. The summed E-state index contributed by atoms with van der Waals surface area (Å²) in [7, 11) is 1.89.